The van der Waals surface area contributed by atoms with E-state index in [9.17, 15) is 0 Å². The van der Waals surface area contributed by atoms with Crippen molar-refractivity contribution in [2.45, 2.75) is 10.9 Å². The summed E-state index contributed by atoms with van der Waals surface area (Å²) in [6, 6.07) is 4.15. The van der Waals surface area contributed by atoms with Crippen molar-refractivity contribution in [3.05, 3.63) is 24.5 Å². The summed E-state index contributed by atoms with van der Waals surface area (Å²) in [6.45, 7) is 0. The van der Waals surface area contributed by atoms with Gasteiger partial charge >= 0.3 is 0 Å². The Kier molecular flexibility index (Phi) is 4.97. The molecule has 1 rings (SSSR count). The lowest BCUT2D eigenvalue weighted by atomic mass is 10.4. The smallest absolute Gasteiger partial charge is 0.0528 e. The predicted molar refractivity (Wildman–Crippen MR) is 60.4 cm³/mol. The molecule has 1 unspecified atom stereocenters. The number of thioether (sulfide) groups is 1. The Labute approximate surface area is 88.1 Å². The fraction of sp³-hybridized carbons (Fsp3) is 0.333. The first-order valence-corrected chi connectivity index (χ1v) is 5.34. The molecule has 0 aliphatic heterocycles. The number of nitrogens with one attached hydrogen (secondary N) is 1. The highest BCUT2D eigenvalue weighted by Gasteiger charge is 2.02. The third-order valence-corrected chi connectivity index (χ3v) is 2.95. The summed E-state index contributed by atoms with van der Waals surface area (Å²) in [6.07, 6.45) is 3.58. The number of thiocarbonyl (C=S) groups is 1. The van der Waals surface area contributed by atoms with E-state index in [-0.39, 0.29) is 6.04 Å². The van der Waals surface area contributed by atoms with Crippen LogP contribution in [0.3, 0.4) is 0 Å². The molecule has 1 radical (unpaired) electrons. The molecule has 2 nitrogen and oxygen atoms in total. The second kappa shape index (κ2) is 6.07. The minimum atomic E-state index is 0.174. The van der Waals surface area contributed by atoms with Crippen LogP contribution in [-0.2, 0) is 0 Å². The van der Waals surface area contributed by atoms with Crippen LogP contribution in [0.1, 0.15) is 0 Å². The van der Waals surface area contributed by atoms with Gasteiger partial charge in [0.05, 0.1) is 6.04 Å². The van der Waals surface area contributed by atoms with Gasteiger partial charge in [0.2, 0.25) is 0 Å². The zero-order chi connectivity index (χ0) is 9.52. The fourth-order valence-corrected chi connectivity index (χ4v) is 2.02. The zero-order valence-electron chi connectivity index (χ0n) is 7.36. The van der Waals surface area contributed by atoms with E-state index in [1.54, 1.807) is 24.2 Å². The lowest BCUT2D eigenvalue weighted by molar-refractivity contribution is 0.790. The molecule has 0 aromatic carbocycles. The van der Waals surface area contributed by atoms with Crippen LogP contribution in [-0.4, -0.2) is 29.2 Å². The van der Waals surface area contributed by atoms with Gasteiger partial charge in [0.25, 0.3) is 0 Å². The van der Waals surface area contributed by atoms with Crippen molar-refractivity contribution < 1.29 is 0 Å². The molecular formula is C9H11N2S2. The van der Waals surface area contributed by atoms with Gasteiger partial charge in [-0.3, -0.25) is 4.98 Å². The third kappa shape index (κ3) is 3.85. The number of aromatic nitrogens is 1. The summed E-state index contributed by atoms with van der Waals surface area (Å²) < 4.78 is 0. The van der Waals surface area contributed by atoms with Crippen molar-refractivity contribution in [3.63, 3.8) is 0 Å². The number of pyridine rings is 1. The molecule has 13 heavy (non-hydrogen) atoms. The first-order valence-electron chi connectivity index (χ1n) is 3.94. The van der Waals surface area contributed by atoms with E-state index in [0.717, 1.165) is 5.75 Å². The molecule has 0 aliphatic carbocycles. The van der Waals surface area contributed by atoms with Crippen molar-refractivity contribution in [2.24, 2.45) is 0 Å². The van der Waals surface area contributed by atoms with Gasteiger partial charge < -0.3 is 5.32 Å². The average Bonchev–Trinajstić information content (AvgIpc) is 2.21. The van der Waals surface area contributed by atoms with Crippen LogP contribution in [0.25, 0.3) is 0 Å². The minimum Gasteiger partial charge on any atom is -0.312 e. The Morgan fingerprint density at radius 1 is 1.62 bits per heavy atom. The van der Waals surface area contributed by atoms with Crippen molar-refractivity contribution in [3.8, 4) is 0 Å². The number of hydrogen-bond acceptors (Lipinski definition) is 4. The Hall–Kier alpha value is -0.450. The van der Waals surface area contributed by atoms with Gasteiger partial charge in [0.15, 0.2) is 0 Å². The molecule has 0 fully saturated rings. The summed E-state index contributed by atoms with van der Waals surface area (Å²) >= 11 is 6.50. The van der Waals surface area contributed by atoms with Crippen molar-refractivity contribution in [1.82, 2.24) is 10.3 Å². The Balaban J connectivity index is 2.38. The van der Waals surface area contributed by atoms with Crippen molar-refractivity contribution >= 4 is 29.3 Å². The first kappa shape index (κ1) is 10.6. The number of hydrogen-bond donors (Lipinski definition) is 1. The van der Waals surface area contributed by atoms with E-state index in [4.69, 9.17) is 12.2 Å². The molecule has 4 heteroatoms. The summed E-state index contributed by atoms with van der Waals surface area (Å²) in [5, 5.41) is 5.83. The van der Waals surface area contributed by atoms with Gasteiger partial charge in [-0.05, 0) is 19.2 Å². The Morgan fingerprint density at radius 3 is 2.85 bits per heavy atom. The normalized spacial score (nSPS) is 12.4. The summed E-state index contributed by atoms with van der Waals surface area (Å²) in [7, 11) is 1.89. The molecule has 0 spiro atoms. The second-order valence-corrected chi connectivity index (χ2v) is 3.78. The number of rotatable bonds is 5. The largest absolute Gasteiger partial charge is 0.312 e. The zero-order valence-corrected chi connectivity index (χ0v) is 8.99. The van der Waals surface area contributed by atoms with E-state index in [2.05, 4.69) is 15.7 Å². The molecule has 1 atom stereocenters. The van der Waals surface area contributed by atoms with Crippen LogP contribution >= 0.6 is 24.0 Å². The second-order valence-electron chi connectivity index (χ2n) is 2.45. The molecule has 1 heterocycles. The molecule has 0 aliphatic rings. The van der Waals surface area contributed by atoms with E-state index < -0.39 is 0 Å². The van der Waals surface area contributed by atoms with Gasteiger partial charge in [-0.1, -0.05) is 12.2 Å². The van der Waals surface area contributed by atoms with Crippen LogP contribution in [0.5, 0.6) is 0 Å². The predicted octanol–water partition coefficient (Wildman–Crippen LogP) is 1.64. The topological polar surface area (TPSA) is 24.9 Å². The molecule has 1 aromatic heterocycles. The van der Waals surface area contributed by atoms with E-state index >= 15 is 0 Å². The lowest BCUT2D eigenvalue weighted by Crippen LogP contribution is -2.28. The van der Waals surface area contributed by atoms with Gasteiger partial charge in [0, 0.05) is 28.4 Å². The summed E-state index contributed by atoms with van der Waals surface area (Å²) in [4.78, 5) is 5.16. The monoisotopic (exact) mass is 211 g/mol. The number of nitrogens with zero attached hydrogens (tertiary/aromatic N) is 1. The lowest BCUT2D eigenvalue weighted by Gasteiger charge is -2.08. The maximum absolute atomic E-state index is 4.75. The van der Waals surface area contributed by atoms with Gasteiger partial charge in [-0.15, -0.1) is 11.8 Å². The third-order valence-electron chi connectivity index (χ3n) is 1.56. The highest BCUT2D eigenvalue weighted by atomic mass is 32.2. The molecule has 1 N–H and O–H groups in total. The standard InChI is InChI=1S/C9H11N2S2/c1-10-8(6-12)7-13-9-2-4-11-5-3-9/h2-5,8,10H,7H2,1H3. The maximum atomic E-state index is 4.75. The summed E-state index contributed by atoms with van der Waals surface area (Å²) in [5.74, 6) is 0.907. The van der Waals surface area contributed by atoms with Crippen molar-refractivity contribution in [2.75, 3.05) is 12.8 Å². The highest BCUT2D eigenvalue weighted by molar-refractivity contribution is 7.99. The molecule has 0 amide bonds. The van der Waals surface area contributed by atoms with Crippen LogP contribution in [0.15, 0.2) is 29.4 Å². The van der Waals surface area contributed by atoms with Crippen molar-refractivity contribution in [1.29, 1.82) is 0 Å². The molecule has 1 aromatic rings. The van der Waals surface area contributed by atoms with Crippen LogP contribution in [0.4, 0.5) is 0 Å². The van der Waals surface area contributed by atoms with Crippen LogP contribution in [0, 0.1) is 0 Å². The molecule has 0 saturated carbocycles. The molecule has 69 valence electrons. The Morgan fingerprint density at radius 2 is 2.31 bits per heavy atom. The van der Waals surface area contributed by atoms with Gasteiger partial charge in [-0.25, -0.2) is 0 Å². The molecular weight excluding hydrogens is 200 g/mol. The first-order chi connectivity index (χ1) is 6.36. The van der Waals surface area contributed by atoms with Gasteiger partial charge in [-0.2, -0.15) is 0 Å². The van der Waals surface area contributed by atoms with Gasteiger partial charge in [0.1, 0.15) is 0 Å². The van der Waals surface area contributed by atoms with E-state index in [1.807, 2.05) is 19.2 Å². The maximum Gasteiger partial charge on any atom is 0.0528 e. The minimum absolute atomic E-state index is 0.174. The fourth-order valence-electron chi connectivity index (χ4n) is 0.790. The Bertz CT molecular complexity index is 251. The molecule has 0 saturated heterocycles. The summed E-state index contributed by atoms with van der Waals surface area (Å²) in [5.41, 5.74) is 0. The van der Waals surface area contributed by atoms with E-state index in [1.165, 1.54) is 4.90 Å². The quantitative estimate of drug-likeness (QED) is 0.591. The average molecular weight is 211 g/mol. The highest BCUT2D eigenvalue weighted by Crippen LogP contribution is 2.16. The van der Waals surface area contributed by atoms with E-state index in [0.29, 0.717) is 0 Å². The SMILES string of the molecule is CNC([C]=S)CSc1ccncc1. The molecule has 0 bridgehead atoms. The van der Waals surface area contributed by atoms with Crippen LogP contribution in [0.2, 0.25) is 0 Å². The van der Waals surface area contributed by atoms with Crippen LogP contribution < -0.4 is 5.32 Å².